The first-order valence-corrected chi connectivity index (χ1v) is 11.1. The molecule has 0 aliphatic heterocycles. The van der Waals surface area contributed by atoms with Crippen molar-refractivity contribution in [3.05, 3.63) is 40.8 Å². The molecule has 4 nitrogen and oxygen atoms in total. The summed E-state index contributed by atoms with van der Waals surface area (Å²) in [7, 11) is 0. The van der Waals surface area contributed by atoms with Gasteiger partial charge in [0.1, 0.15) is 9.86 Å². The molecule has 7 heteroatoms. The summed E-state index contributed by atoms with van der Waals surface area (Å²) in [6.07, 6.45) is 5.43. The number of aromatic nitrogens is 2. The number of nitrogens with zero attached hydrogens (tertiary/aromatic N) is 2. The largest absolute Gasteiger partial charge is 0.325 e. The van der Waals surface area contributed by atoms with Crippen molar-refractivity contribution in [3.8, 4) is 0 Å². The standard InChI is InChI=1S/C18H17N3OS3/c1-23-18-20-16(15-12-8-5-9-13(12)25-17(15)21-18)24-10-14(22)19-11-6-3-2-4-7-11/h2-4,6-7H,5,8-10H2,1H3,(H,19,22). The third-order valence-corrected chi connectivity index (χ3v) is 6.80. The first-order chi connectivity index (χ1) is 12.2. The summed E-state index contributed by atoms with van der Waals surface area (Å²) >= 11 is 4.84. The fourth-order valence-electron chi connectivity index (χ4n) is 2.99. The van der Waals surface area contributed by atoms with E-state index in [1.807, 2.05) is 36.6 Å². The molecule has 1 aliphatic carbocycles. The average Bonchev–Trinajstić information content (AvgIpc) is 3.21. The van der Waals surface area contributed by atoms with Crippen LogP contribution in [0.2, 0.25) is 0 Å². The smallest absolute Gasteiger partial charge is 0.234 e. The first-order valence-electron chi connectivity index (χ1n) is 8.08. The van der Waals surface area contributed by atoms with Crippen LogP contribution in [0, 0.1) is 0 Å². The molecular formula is C18H17N3OS3. The van der Waals surface area contributed by atoms with Crippen molar-refractivity contribution < 1.29 is 4.79 Å². The van der Waals surface area contributed by atoms with Gasteiger partial charge in [-0.25, -0.2) is 9.97 Å². The molecule has 128 valence electrons. The third-order valence-electron chi connectivity index (χ3n) is 4.09. The quantitative estimate of drug-likeness (QED) is 0.393. The van der Waals surface area contributed by atoms with Gasteiger partial charge >= 0.3 is 0 Å². The number of thiophene rings is 1. The van der Waals surface area contributed by atoms with Gasteiger partial charge in [0.05, 0.1) is 5.75 Å². The van der Waals surface area contributed by atoms with Gasteiger partial charge < -0.3 is 5.32 Å². The Morgan fingerprint density at radius 1 is 1.24 bits per heavy atom. The maximum Gasteiger partial charge on any atom is 0.234 e. The molecule has 1 amide bonds. The fraction of sp³-hybridized carbons (Fsp3) is 0.278. The zero-order chi connectivity index (χ0) is 17.2. The number of carbonyl (C=O) groups is 1. The topological polar surface area (TPSA) is 54.9 Å². The Hall–Kier alpha value is -1.57. The molecule has 1 N–H and O–H groups in total. The molecule has 2 aromatic heterocycles. The Kier molecular flexibility index (Phi) is 4.96. The molecule has 0 atom stereocenters. The van der Waals surface area contributed by atoms with E-state index in [-0.39, 0.29) is 5.91 Å². The lowest BCUT2D eigenvalue weighted by atomic mass is 10.2. The summed E-state index contributed by atoms with van der Waals surface area (Å²) in [5, 5.41) is 5.82. The Bertz CT molecular complexity index is 924. The summed E-state index contributed by atoms with van der Waals surface area (Å²) in [6.45, 7) is 0. The number of fused-ring (bicyclic) bond motifs is 3. The lowest BCUT2D eigenvalue weighted by Gasteiger charge is -2.07. The number of rotatable bonds is 5. The van der Waals surface area contributed by atoms with Crippen molar-refractivity contribution in [2.24, 2.45) is 0 Å². The second kappa shape index (κ2) is 7.35. The van der Waals surface area contributed by atoms with E-state index in [4.69, 9.17) is 0 Å². The lowest BCUT2D eigenvalue weighted by Crippen LogP contribution is -2.14. The number of benzene rings is 1. The molecule has 0 bridgehead atoms. The maximum absolute atomic E-state index is 12.3. The highest BCUT2D eigenvalue weighted by molar-refractivity contribution is 8.00. The average molecular weight is 388 g/mol. The van der Waals surface area contributed by atoms with Crippen LogP contribution < -0.4 is 5.32 Å². The summed E-state index contributed by atoms with van der Waals surface area (Å²) in [5.41, 5.74) is 2.22. The van der Waals surface area contributed by atoms with E-state index >= 15 is 0 Å². The summed E-state index contributed by atoms with van der Waals surface area (Å²) in [5.74, 6) is 0.333. The normalized spacial score (nSPS) is 13.2. The van der Waals surface area contributed by atoms with Gasteiger partial charge in [0.25, 0.3) is 0 Å². The van der Waals surface area contributed by atoms with Crippen molar-refractivity contribution >= 4 is 56.7 Å². The molecule has 25 heavy (non-hydrogen) atoms. The van der Waals surface area contributed by atoms with Crippen molar-refractivity contribution in [2.75, 3.05) is 17.3 Å². The predicted molar refractivity (Wildman–Crippen MR) is 107 cm³/mol. The van der Waals surface area contributed by atoms with E-state index in [2.05, 4.69) is 15.3 Å². The molecule has 0 fully saturated rings. The maximum atomic E-state index is 12.3. The molecule has 1 aromatic carbocycles. The van der Waals surface area contributed by atoms with E-state index in [1.165, 1.54) is 34.0 Å². The van der Waals surface area contributed by atoms with Gasteiger partial charge in [-0.3, -0.25) is 4.79 Å². The number of thioether (sulfide) groups is 2. The highest BCUT2D eigenvalue weighted by atomic mass is 32.2. The molecular weight excluding hydrogens is 370 g/mol. The van der Waals surface area contributed by atoms with Crippen LogP contribution in [0.1, 0.15) is 16.9 Å². The van der Waals surface area contributed by atoms with E-state index in [0.29, 0.717) is 5.75 Å². The van der Waals surface area contributed by atoms with Crippen LogP contribution in [-0.4, -0.2) is 27.9 Å². The van der Waals surface area contributed by atoms with Gasteiger partial charge in [0.15, 0.2) is 5.16 Å². The van der Waals surface area contributed by atoms with Gasteiger partial charge in [0.2, 0.25) is 5.91 Å². The van der Waals surface area contributed by atoms with Crippen molar-refractivity contribution in [1.82, 2.24) is 9.97 Å². The van der Waals surface area contributed by atoms with E-state index in [9.17, 15) is 4.79 Å². The summed E-state index contributed by atoms with van der Waals surface area (Å²) < 4.78 is 0. The second-order valence-corrected chi connectivity index (χ2v) is 8.58. The lowest BCUT2D eigenvalue weighted by molar-refractivity contribution is -0.113. The first kappa shape index (κ1) is 16.9. The molecule has 0 saturated carbocycles. The zero-order valence-corrected chi connectivity index (χ0v) is 16.2. The van der Waals surface area contributed by atoms with Crippen LogP contribution >= 0.6 is 34.9 Å². The van der Waals surface area contributed by atoms with Crippen LogP contribution in [0.25, 0.3) is 10.2 Å². The fourth-order valence-corrected chi connectivity index (χ4v) is 5.65. The van der Waals surface area contributed by atoms with Crippen molar-refractivity contribution in [1.29, 1.82) is 0 Å². The highest BCUT2D eigenvalue weighted by Gasteiger charge is 2.22. The number of para-hydroxylation sites is 1. The Labute approximate surface area is 158 Å². The van der Waals surface area contributed by atoms with Gasteiger partial charge in [-0.05, 0) is 43.2 Å². The van der Waals surface area contributed by atoms with Gasteiger partial charge in [-0.15, -0.1) is 11.3 Å². The molecule has 2 heterocycles. The number of nitrogens with one attached hydrogen (secondary N) is 1. The molecule has 0 unspecified atom stereocenters. The molecule has 0 spiro atoms. The molecule has 1 aliphatic rings. The number of hydrogen-bond donors (Lipinski definition) is 1. The van der Waals surface area contributed by atoms with Crippen LogP contribution in [0.4, 0.5) is 5.69 Å². The molecule has 3 aromatic rings. The SMILES string of the molecule is CSc1nc(SCC(=O)Nc2ccccc2)c2c3c(sc2n1)CCC3. The number of anilines is 1. The van der Waals surface area contributed by atoms with E-state index < -0.39 is 0 Å². The number of carbonyl (C=O) groups excluding carboxylic acids is 1. The third kappa shape index (κ3) is 3.54. The van der Waals surface area contributed by atoms with Gasteiger partial charge in [-0.1, -0.05) is 41.7 Å². The summed E-state index contributed by atoms with van der Waals surface area (Å²) in [6, 6.07) is 9.54. The van der Waals surface area contributed by atoms with Crippen LogP contribution in [0.15, 0.2) is 40.5 Å². The van der Waals surface area contributed by atoms with Crippen molar-refractivity contribution in [3.63, 3.8) is 0 Å². The van der Waals surface area contributed by atoms with E-state index in [1.54, 1.807) is 23.1 Å². The van der Waals surface area contributed by atoms with E-state index in [0.717, 1.165) is 33.5 Å². The van der Waals surface area contributed by atoms with Crippen LogP contribution in [-0.2, 0) is 17.6 Å². The molecule has 0 radical (unpaired) electrons. The second-order valence-electron chi connectivity index (χ2n) is 5.76. The minimum absolute atomic E-state index is 0.0134. The number of aryl methyl sites for hydroxylation is 2. The highest BCUT2D eigenvalue weighted by Crippen LogP contribution is 2.41. The minimum Gasteiger partial charge on any atom is -0.325 e. The number of amides is 1. The van der Waals surface area contributed by atoms with Gasteiger partial charge in [-0.2, -0.15) is 0 Å². The van der Waals surface area contributed by atoms with Crippen LogP contribution in [0.5, 0.6) is 0 Å². The summed E-state index contributed by atoms with van der Waals surface area (Å²) in [4.78, 5) is 24.1. The zero-order valence-electron chi connectivity index (χ0n) is 13.7. The Morgan fingerprint density at radius 3 is 2.88 bits per heavy atom. The predicted octanol–water partition coefficient (Wildman–Crippen LogP) is 4.63. The molecule has 4 rings (SSSR count). The van der Waals surface area contributed by atoms with Gasteiger partial charge in [0, 0.05) is 16.0 Å². The monoisotopic (exact) mass is 387 g/mol. The van der Waals surface area contributed by atoms with Crippen molar-refractivity contribution in [2.45, 2.75) is 29.4 Å². The number of hydrogen-bond acceptors (Lipinski definition) is 6. The minimum atomic E-state index is -0.0134. The Morgan fingerprint density at radius 2 is 2.08 bits per heavy atom. The molecule has 0 saturated heterocycles. The Balaban J connectivity index is 1.57. The van der Waals surface area contributed by atoms with Crippen LogP contribution in [0.3, 0.4) is 0 Å².